The highest BCUT2D eigenvalue weighted by molar-refractivity contribution is 6.30. The molecular weight excluding hydrogens is 668 g/mol. The van der Waals surface area contributed by atoms with Crippen molar-refractivity contribution in [1.29, 1.82) is 0 Å². The van der Waals surface area contributed by atoms with E-state index in [0.29, 0.717) is 31.7 Å². The van der Waals surface area contributed by atoms with Gasteiger partial charge in [-0.2, -0.15) is 0 Å². The third-order valence-electron chi connectivity index (χ3n) is 9.61. The van der Waals surface area contributed by atoms with Gasteiger partial charge in [-0.05, 0) is 86.9 Å². The van der Waals surface area contributed by atoms with Crippen LogP contribution >= 0.6 is 11.6 Å². The average Bonchev–Trinajstić information content (AvgIpc) is 3.13. The van der Waals surface area contributed by atoms with Gasteiger partial charge in [-0.3, -0.25) is 24.0 Å². The minimum absolute atomic E-state index is 0.182. The van der Waals surface area contributed by atoms with E-state index in [9.17, 15) is 24.0 Å². The molecule has 2 aliphatic rings. The molecule has 2 saturated heterocycles. The zero-order valence-electron chi connectivity index (χ0n) is 29.6. The van der Waals surface area contributed by atoms with Crippen LogP contribution in [-0.2, 0) is 20.9 Å². The van der Waals surface area contributed by atoms with Crippen LogP contribution in [-0.4, -0.2) is 66.2 Å². The standard InChI is InChI=1S/C33H38N4O6.C7H7Cl/c1-21(34-32(41)30-19-28(39)27-18-25(35(3)22(2)38)11-12-29(27)43-30)33(42)36-16-13-23(14-17-36)26-9-5-4-8-24(26)20-37-15-7-6-10-31(37)40;1-6-2-4-7(8)5-3-6/h4-5,8-9,11-12,18-19,21,23H,6-7,10,13-17,20H2,1-3H3,(H,34,41);2-5H,1H3. The number of aryl methyl sites for hydroxylation is 1. The van der Waals surface area contributed by atoms with Crippen LogP contribution in [0.4, 0.5) is 5.69 Å². The lowest BCUT2D eigenvalue weighted by Gasteiger charge is -2.35. The number of benzene rings is 3. The summed E-state index contributed by atoms with van der Waals surface area (Å²) in [7, 11) is 1.60. The maximum atomic E-state index is 13.3. The molecule has 3 aromatic carbocycles. The van der Waals surface area contributed by atoms with Crippen molar-refractivity contribution in [1.82, 2.24) is 15.1 Å². The summed E-state index contributed by atoms with van der Waals surface area (Å²) in [6.45, 7) is 7.62. The summed E-state index contributed by atoms with van der Waals surface area (Å²) in [5.41, 5.74) is 3.98. The SMILES string of the molecule is CC(=O)N(C)c1ccc2oc(C(=O)NC(C)C(=O)N3CCC(c4ccccc4CN4CCCCC4=O)CC3)cc(=O)c2c1.Cc1ccc(Cl)cc1. The number of rotatable bonds is 7. The number of anilines is 1. The zero-order valence-corrected chi connectivity index (χ0v) is 30.4. The highest BCUT2D eigenvalue weighted by Crippen LogP contribution is 2.32. The number of carbonyl (C=O) groups excluding carboxylic acids is 4. The number of nitrogens with one attached hydrogen (secondary N) is 1. The van der Waals surface area contributed by atoms with E-state index < -0.39 is 17.4 Å². The number of hydrogen-bond donors (Lipinski definition) is 1. The number of fused-ring (bicyclic) bond motifs is 1. The number of halogens is 1. The van der Waals surface area contributed by atoms with Crippen LogP contribution in [0.1, 0.15) is 79.1 Å². The van der Waals surface area contributed by atoms with E-state index >= 15 is 0 Å². The lowest BCUT2D eigenvalue weighted by atomic mass is 9.86. The molecule has 1 aromatic heterocycles. The van der Waals surface area contributed by atoms with Crippen molar-refractivity contribution in [3.8, 4) is 0 Å². The Bertz CT molecular complexity index is 1930. The topological polar surface area (TPSA) is 120 Å². The minimum atomic E-state index is -0.811. The van der Waals surface area contributed by atoms with Crippen molar-refractivity contribution >= 4 is 51.9 Å². The van der Waals surface area contributed by atoms with Crippen molar-refractivity contribution < 1.29 is 23.6 Å². The summed E-state index contributed by atoms with van der Waals surface area (Å²) in [6.07, 6.45) is 4.19. The monoisotopic (exact) mass is 712 g/mol. The molecule has 51 heavy (non-hydrogen) atoms. The van der Waals surface area contributed by atoms with E-state index in [-0.39, 0.29) is 40.4 Å². The first-order valence-electron chi connectivity index (χ1n) is 17.4. The highest BCUT2D eigenvalue weighted by Gasteiger charge is 2.30. The third kappa shape index (κ3) is 9.43. The Morgan fingerprint density at radius 3 is 2.33 bits per heavy atom. The average molecular weight is 713 g/mol. The van der Waals surface area contributed by atoms with Gasteiger partial charge in [-0.15, -0.1) is 0 Å². The Balaban J connectivity index is 0.000000556. The molecule has 4 amide bonds. The largest absolute Gasteiger partial charge is 0.451 e. The van der Waals surface area contributed by atoms with Gasteiger partial charge in [-0.1, -0.05) is 53.6 Å². The summed E-state index contributed by atoms with van der Waals surface area (Å²) in [6, 6.07) is 21.0. The van der Waals surface area contributed by atoms with Crippen molar-refractivity contribution in [2.24, 2.45) is 0 Å². The molecule has 1 atom stereocenters. The number of amides is 4. The smallest absolute Gasteiger partial charge is 0.287 e. The minimum Gasteiger partial charge on any atom is -0.451 e. The molecule has 10 nitrogen and oxygen atoms in total. The second kappa shape index (κ2) is 16.8. The fourth-order valence-corrected chi connectivity index (χ4v) is 6.63. The lowest BCUT2D eigenvalue weighted by molar-refractivity contribution is -0.134. The highest BCUT2D eigenvalue weighted by atomic mass is 35.5. The maximum Gasteiger partial charge on any atom is 0.287 e. The molecule has 0 radical (unpaired) electrons. The van der Waals surface area contributed by atoms with Gasteiger partial charge in [0.1, 0.15) is 11.6 Å². The van der Waals surface area contributed by atoms with Crippen LogP contribution in [0.5, 0.6) is 0 Å². The van der Waals surface area contributed by atoms with Crippen LogP contribution in [0, 0.1) is 6.92 Å². The maximum absolute atomic E-state index is 13.3. The van der Waals surface area contributed by atoms with E-state index in [4.69, 9.17) is 16.0 Å². The molecule has 3 heterocycles. The van der Waals surface area contributed by atoms with E-state index in [2.05, 4.69) is 17.4 Å². The second-order valence-electron chi connectivity index (χ2n) is 13.3. The molecule has 2 fully saturated rings. The fraction of sp³-hybridized carbons (Fsp3) is 0.375. The van der Waals surface area contributed by atoms with Crippen LogP contribution in [0.15, 0.2) is 82.0 Å². The Hall–Kier alpha value is -4.96. The van der Waals surface area contributed by atoms with Gasteiger partial charge in [0, 0.05) is 63.3 Å². The quantitative estimate of drug-likeness (QED) is 0.235. The molecule has 1 unspecified atom stereocenters. The second-order valence-corrected chi connectivity index (χ2v) is 13.7. The van der Waals surface area contributed by atoms with Crippen LogP contribution in [0.25, 0.3) is 11.0 Å². The Kier molecular flexibility index (Phi) is 12.3. The lowest BCUT2D eigenvalue weighted by Crippen LogP contribution is -2.49. The van der Waals surface area contributed by atoms with E-state index in [1.807, 2.05) is 48.2 Å². The molecule has 0 bridgehead atoms. The summed E-state index contributed by atoms with van der Waals surface area (Å²) in [5, 5.41) is 3.73. The van der Waals surface area contributed by atoms with Crippen molar-refractivity contribution in [3.05, 3.63) is 110 Å². The van der Waals surface area contributed by atoms with E-state index in [1.54, 1.807) is 37.1 Å². The molecule has 0 aliphatic carbocycles. The number of carbonyl (C=O) groups is 4. The predicted molar refractivity (Wildman–Crippen MR) is 199 cm³/mol. The first-order chi connectivity index (χ1) is 24.4. The Labute approximate surface area is 303 Å². The molecule has 4 aromatic rings. The van der Waals surface area contributed by atoms with Gasteiger partial charge in [-0.25, -0.2) is 0 Å². The van der Waals surface area contributed by atoms with Gasteiger partial charge in [0.25, 0.3) is 5.91 Å². The molecule has 0 saturated carbocycles. The van der Waals surface area contributed by atoms with Gasteiger partial charge in [0.15, 0.2) is 11.2 Å². The van der Waals surface area contributed by atoms with Crippen LogP contribution in [0.2, 0.25) is 5.02 Å². The van der Waals surface area contributed by atoms with Gasteiger partial charge in [0.2, 0.25) is 17.7 Å². The van der Waals surface area contributed by atoms with Crippen molar-refractivity contribution in [3.63, 3.8) is 0 Å². The van der Waals surface area contributed by atoms with Gasteiger partial charge in [0.05, 0.1) is 5.39 Å². The van der Waals surface area contributed by atoms with Gasteiger partial charge >= 0.3 is 0 Å². The zero-order chi connectivity index (χ0) is 36.7. The van der Waals surface area contributed by atoms with E-state index in [1.165, 1.54) is 28.5 Å². The Morgan fingerprint density at radius 1 is 0.961 bits per heavy atom. The normalized spacial score (nSPS) is 15.5. The predicted octanol–water partition coefficient (Wildman–Crippen LogP) is 6.46. The molecule has 0 spiro atoms. The number of likely N-dealkylation sites (tertiary alicyclic amines) is 2. The first kappa shape index (κ1) is 37.3. The number of piperidine rings is 2. The number of hydrogen-bond acceptors (Lipinski definition) is 6. The Morgan fingerprint density at radius 2 is 1.67 bits per heavy atom. The summed E-state index contributed by atoms with van der Waals surface area (Å²) in [5.74, 6) is -0.718. The fourth-order valence-electron chi connectivity index (χ4n) is 6.51. The molecule has 1 N–H and O–H groups in total. The summed E-state index contributed by atoms with van der Waals surface area (Å²) >= 11 is 5.61. The molecule has 6 rings (SSSR count). The van der Waals surface area contributed by atoms with Crippen molar-refractivity contribution in [2.75, 3.05) is 31.6 Å². The van der Waals surface area contributed by atoms with Crippen LogP contribution in [0.3, 0.4) is 0 Å². The third-order valence-corrected chi connectivity index (χ3v) is 9.86. The summed E-state index contributed by atoms with van der Waals surface area (Å²) in [4.78, 5) is 68.2. The van der Waals surface area contributed by atoms with Crippen molar-refractivity contribution in [2.45, 2.75) is 71.4 Å². The molecular formula is C40H45ClN4O6. The molecule has 11 heteroatoms. The number of nitrogens with zero attached hydrogens (tertiary/aromatic N) is 3. The first-order valence-corrected chi connectivity index (χ1v) is 17.8. The molecule has 268 valence electrons. The summed E-state index contributed by atoms with van der Waals surface area (Å²) < 4.78 is 5.70. The van der Waals surface area contributed by atoms with Crippen LogP contribution < -0.4 is 15.6 Å². The van der Waals surface area contributed by atoms with Gasteiger partial charge < -0.3 is 24.4 Å². The van der Waals surface area contributed by atoms with E-state index in [0.717, 1.165) is 43.3 Å². The molecule has 2 aliphatic heterocycles.